The van der Waals surface area contributed by atoms with Crippen LogP contribution in [0.15, 0.2) is 18.2 Å². The van der Waals surface area contributed by atoms with Crippen molar-refractivity contribution in [2.24, 2.45) is 0 Å². The summed E-state index contributed by atoms with van der Waals surface area (Å²) in [6.45, 7) is 3.88. The average molecular weight is 286 g/mol. The van der Waals surface area contributed by atoms with Crippen molar-refractivity contribution >= 4 is 12.0 Å². The van der Waals surface area contributed by atoms with Gasteiger partial charge in [-0.1, -0.05) is 0 Å². The van der Waals surface area contributed by atoms with Crippen LogP contribution in [0.1, 0.15) is 22.8 Å². The van der Waals surface area contributed by atoms with E-state index in [1.54, 1.807) is 4.90 Å². The van der Waals surface area contributed by atoms with E-state index in [0.29, 0.717) is 19.4 Å². The molecule has 2 rings (SSSR count). The fourth-order valence-corrected chi connectivity index (χ4v) is 2.60. The molecule has 110 valence electrons. The van der Waals surface area contributed by atoms with Crippen LogP contribution in [0, 0.1) is 0 Å². The molecule has 1 aromatic rings. The molecule has 0 spiro atoms. The second-order valence-electron chi connectivity index (χ2n) is 5.20. The van der Waals surface area contributed by atoms with Crippen LogP contribution in [0.3, 0.4) is 0 Å². The van der Waals surface area contributed by atoms with Crippen LogP contribution < -0.4 is 4.90 Å². The zero-order valence-corrected chi connectivity index (χ0v) is 11.4. The van der Waals surface area contributed by atoms with E-state index in [9.17, 15) is 18.0 Å². The smallest absolute Gasteiger partial charge is 0.366 e. The largest absolute Gasteiger partial charge is 0.418 e. The minimum Gasteiger partial charge on any atom is -0.366 e. The van der Waals surface area contributed by atoms with Gasteiger partial charge in [0.1, 0.15) is 6.29 Å². The summed E-state index contributed by atoms with van der Waals surface area (Å²) in [5, 5.41) is 0. The molecule has 0 radical (unpaired) electrons. The molecule has 1 aliphatic heterocycles. The molecule has 1 atom stereocenters. The number of rotatable bonds is 2. The maximum absolute atomic E-state index is 13.2. The standard InChI is InChI=1S/C14H17F3N2O/c1-10-8-18(2)5-6-19(10)13-4-3-11(9-20)7-12(13)14(15,16)17/h3-4,7,9-10H,5-6,8H2,1-2H3. The van der Waals surface area contributed by atoms with E-state index in [-0.39, 0.29) is 17.3 Å². The molecule has 6 heteroatoms. The average Bonchev–Trinajstić information content (AvgIpc) is 2.37. The molecule has 1 fully saturated rings. The Labute approximate surface area is 116 Å². The Morgan fingerprint density at radius 2 is 2.00 bits per heavy atom. The van der Waals surface area contributed by atoms with Crippen LogP contribution in [0.5, 0.6) is 0 Å². The van der Waals surface area contributed by atoms with Crippen molar-refractivity contribution in [1.29, 1.82) is 0 Å². The van der Waals surface area contributed by atoms with Gasteiger partial charge in [-0.05, 0) is 32.2 Å². The lowest BCUT2D eigenvalue weighted by molar-refractivity contribution is -0.137. The number of benzene rings is 1. The van der Waals surface area contributed by atoms with Gasteiger partial charge in [-0.15, -0.1) is 0 Å². The lowest BCUT2D eigenvalue weighted by atomic mass is 10.0. The predicted molar refractivity (Wildman–Crippen MR) is 71.1 cm³/mol. The van der Waals surface area contributed by atoms with Gasteiger partial charge in [0.25, 0.3) is 0 Å². The summed E-state index contributed by atoms with van der Waals surface area (Å²) in [5.41, 5.74) is -0.537. The van der Waals surface area contributed by atoms with E-state index in [0.717, 1.165) is 12.6 Å². The van der Waals surface area contributed by atoms with Crippen molar-refractivity contribution < 1.29 is 18.0 Å². The van der Waals surface area contributed by atoms with E-state index in [1.807, 2.05) is 14.0 Å². The second-order valence-corrected chi connectivity index (χ2v) is 5.20. The van der Waals surface area contributed by atoms with Gasteiger partial charge >= 0.3 is 6.18 Å². The molecule has 1 saturated heterocycles. The summed E-state index contributed by atoms with van der Waals surface area (Å²) in [6.07, 6.45) is -4.02. The Morgan fingerprint density at radius 3 is 2.55 bits per heavy atom. The van der Waals surface area contributed by atoms with Gasteiger partial charge in [0.15, 0.2) is 0 Å². The van der Waals surface area contributed by atoms with Crippen molar-refractivity contribution in [2.75, 3.05) is 31.6 Å². The van der Waals surface area contributed by atoms with Crippen LogP contribution in [-0.4, -0.2) is 43.9 Å². The molecule has 0 aliphatic carbocycles. The van der Waals surface area contributed by atoms with Crippen molar-refractivity contribution in [3.05, 3.63) is 29.3 Å². The number of hydrogen-bond acceptors (Lipinski definition) is 3. The van der Waals surface area contributed by atoms with E-state index < -0.39 is 11.7 Å². The third-order valence-electron chi connectivity index (χ3n) is 3.60. The number of halogens is 3. The van der Waals surface area contributed by atoms with Gasteiger partial charge in [0, 0.05) is 36.9 Å². The van der Waals surface area contributed by atoms with E-state index in [4.69, 9.17) is 0 Å². The van der Waals surface area contributed by atoms with Crippen molar-refractivity contribution in [3.63, 3.8) is 0 Å². The van der Waals surface area contributed by atoms with E-state index >= 15 is 0 Å². The van der Waals surface area contributed by atoms with Crippen LogP contribution in [0.4, 0.5) is 18.9 Å². The number of nitrogens with zero attached hydrogens (tertiary/aromatic N) is 2. The Hall–Kier alpha value is -1.56. The lowest BCUT2D eigenvalue weighted by Crippen LogP contribution is -2.51. The quantitative estimate of drug-likeness (QED) is 0.781. The molecule has 0 amide bonds. The highest BCUT2D eigenvalue weighted by Gasteiger charge is 2.36. The minimum absolute atomic E-state index is 0.00284. The molecule has 1 aliphatic rings. The SMILES string of the molecule is CC1CN(C)CCN1c1ccc(C=O)cc1C(F)(F)F. The van der Waals surface area contributed by atoms with Crippen molar-refractivity contribution in [1.82, 2.24) is 4.90 Å². The second kappa shape index (κ2) is 5.44. The number of alkyl halides is 3. The summed E-state index contributed by atoms with van der Waals surface area (Å²) in [6, 6.07) is 3.75. The predicted octanol–water partition coefficient (Wildman–Crippen LogP) is 2.66. The lowest BCUT2D eigenvalue weighted by Gasteiger charge is -2.40. The first kappa shape index (κ1) is 14.8. The normalized spacial score (nSPS) is 21.1. The highest BCUT2D eigenvalue weighted by Crippen LogP contribution is 2.38. The molecule has 20 heavy (non-hydrogen) atoms. The molecule has 3 nitrogen and oxygen atoms in total. The zero-order chi connectivity index (χ0) is 14.9. The Bertz CT molecular complexity index is 502. The molecular formula is C14H17F3N2O. The Balaban J connectivity index is 2.43. The number of aldehydes is 1. The van der Waals surface area contributed by atoms with E-state index in [2.05, 4.69) is 4.90 Å². The zero-order valence-electron chi connectivity index (χ0n) is 11.4. The highest BCUT2D eigenvalue weighted by atomic mass is 19.4. The molecule has 0 saturated carbocycles. The first-order chi connectivity index (χ1) is 9.32. The van der Waals surface area contributed by atoms with Gasteiger partial charge in [0.05, 0.1) is 5.56 Å². The highest BCUT2D eigenvalue weighted by molar-refractivity contribution is 5.77. The number of anilines is 1. The van der Waals surface area contributed by atoms with Gasteiger partial charge in [0.2, 0.25) is 0 Å². The van der Waals surface area contributed by atoms with Crippen LogP contribution >= 0.6 is 0 Å². The third-order valence-corrected chi connectivity index (χ3v) is 3.60. The van der Waals surface area contributed by atoms with Crippen molar-refractivity contribution in [3.8, 4) is 0 Å². The molecule has 0 bridgehead atoms. The summed E-state index contributed by atoms with van der Waals surface area (Å²) in [4.78, 5) is 14.5. The van der Waals surface area contributed by atoms with Gasteiger partial charge in [-0.25, -0.2) is 0 Å². The summed E-state index contributed by atoms with van der Waals surface area (Å²) in [5.74, 6) is 0. The van der Waals surface area contributed by atoms with E-state index in [1.165, 1.54) is 12.1 Å². The molecule has 0 aromatic heterocycles. The van der Waals surface area contributed by atoms with Crippen LogP contribution in [0.2, 0.25) is 0 Å². The molecule has 1 unspecified atom stereocenters. The van der Waals surface area contributed by atoms with Gasteiger partial charge in [-0.2, -0.15) is 13.2 Å². The number of likely N-dealkylation sites (N-methyl/N-ethyl adjacent to an activating group) is 1. The van der Waals surface area contributed by atoms with Crippen molar-refractivity contribution in [2.45, 2.75) is 19.1 Å². The molecule has 1 heterocycles. The Kier molecular flexibility index (Phi) is 4.04. The van der Waals surface area contributed by atoms with Crippen LogP contribution in [-0.2, 0) is 6.18 Å². The maximum Gasteiger partial charge on any atom is 0.418 e. The van der Waals surface area contributed by atoms with Gasteiger partial charge < -0.3 is 9.80 Å². The molecule has 1 aromatic carbocycles. The number of piperazine rings is 1. The number of carbonyl (C=O) groups excluding carboxylic acids is 1. The molecule has 0 N–H and O–H groups in total. The monoisotopic (exact) mass is 286 g/mol. The first-order valence-electron chi connectivity index (χ1n) is 6.44. The fraction of sp³-hybridized carbons (Fsp3) is 0.500. The summed E-state index contributed by atoms with van der Waals surface area (Å²) in [7, 11) is 1.95. The summed E-state index contributed by atoms with van der Waals surface area (Å²) < 4.78 is 39.5. The third kappa shape index (κ3) is 2.95. The van der Waals surface area contributed by atoms with Crippen LogP contribution in [0.25, 0.3) is 0 Å². The molecular weight excluding hydrogens is 269 g/mol. The van der Waals surface area contributed by atoms with Gasteiger partial charge in [-0.3, -0.25) is 4.79 Å². The first-order valence-corrected chi connectivity index (χ1v) is 6.44. The number of carbonyl (C=O) groups is 1. The maximum atomic E-state index is 13.2. The fourth-order valence-electron chi connectivity index (χ4n) is 2.60. The summed E-state index contributed by atoms with van der Waals surface area (Å²) >= 11 is 0. The minimum atomic E-state index is -4.46. The Morgan fingerprint density at radius 1 is 1.30 bits per heavy atom. The number of hydrogen-bond donors (Lipinski definition) is 0. The topological polar surface area (TPSA) is 23.6 Å².